The van der Waals surface area contributed by atoms with Crippen LogP contribution in [-0.4, -0.2) is 19.5 Å². The minimum Gasteiger partial charge on any atom is -0.478 e. The fourth-order valence-corrected chi connectivity index (χ4v) is 3.98. The summed E-state index contributed by atoms with van der Waals surface area (Å²) in [6.45, 7) is 0. The molecule has 0 aliphatic heterocycles. The quantitative estimate of drug-likeness (QED) is 0.826. The van der Waals surface area contributed by atoms with Crippen molar-refractivity contribution in [2.45, 2.75) is 4.90 Å². The molecule has 0 fully saturated rings. The number of sulfonamides is 1. The first kappa shape index (κ1) is 15.3. The van der Waals surface area contributed by atoms with Crippen molar-refractivity contribution in [2.75, 3.05) is 4.72 Å². The highest BCUT2D eigenvalue weighted by Gasteiger charge is 2.21. The third-order valence-electron chi connectivity index (χ3n) is 2.32. The van der Waals surface area contributed by atoms with E-state index in [1.54, 1.807) is 16.8 Å². The Balaban J connectivity index is 2.49. The maximum absolute atomic E-state index is 12.2. The standard InChI is InChI=1S/C11H7BrClNO4S2/c12-9-4-7(3-8(10(9)13)11(15)16)20(17,18)14-6-1-2-19-5-6/h1-5,14H,(H,15,16). The van der Waals surface area contributed by atoms with Crippen molar-refractivity contribution >= 4 is 60.5 Å². The first-order valence-corrected chi connectivity index (χ1v) is 8.68. The lowest BCUT2D eigenvalue weighted by Crippen LogP contribution is -2.13. The number of nitrogens with one attached hydrogen (secondary N) is 1. The first-order valence-electron chi connectivity index (χ1n) is 5.08. The Kier molecular flexibility index (Phi) is 4.38. The zero-order chi connectivity index (χ0) is 14.9. The first-order chi connectivity index (χ1) is 9.31. The summed E-state index contributed by atoms with van der Waals surface area (Å²) in [5.41, 5.74) is 0.129. The lowest BCUT2D eigenvalue weighted by Gasteiger charge is -2.09. The van der Waals surface area contributed by atoms with Gasteiger partial charge in [0.25, 0.3) is 10.0 Å². The molecule has 1 heterocycles. The molecule has 0 amide bonds. The van der Waals surface area contributed by atoms with E-state index < -0.39 is 16.0 Å². The number of anilines is 1. The van der Waals surface area contributed by atoms with Crippen LogP contribution in [0.1, 0.15) is 10.4 Å². The number of hydrogen-bond donors (Lipinski definition) is 2. The van der Waals surface area contributed by atoms with Gasteiger partial charge in [-0.2, -0.15) is 11.3 Å². The molecule has 0 spiro atoms. The number of halogens is 2. The highest BCUT2D eigenvalue weighted by Crippen LogP contribution is 2.30. The number of carboxylic acids is 1. The number of aromatic carboxylic acids is 1. The second-order valence-electron chi connectivity index (χ2n) is 3.69. The maximum atomic E-state index is 12.2. The second kappa shape index (κ2) is 5.72. The molecule has 0 unspecified atom stereocenters. The van der Waals surface area contributed by atoms with E-state index in [0.717, 1.165) is 6.07 Å². The third-order valence-corrected chi connectivity index (χ3v) is 5.62. The van der Waals surface area contributed by atoms with Crippen LogP contribution in [0.4, 0.5) is 5.69 Å². The summed E-state index contributed by atoms with van der Waals surface area (Å²) in [5.74, 6) is -1.30. The number of thiophene rings is 1. The van der Waals surface area contributed by atoms with Crippen LogP contribution in [0.25, 0.3) is 0 Å². The van der Waals surface area contributed by atoms with Crippen molar-refractivity contribution < 1.29 is 18.3 Å². The van der Waals surface area contributed by atoms with Crippen molar-refractivity contribution in [3.8, 4) is 0 Å². The second-order valence-corrected chi connectivity index (χ2v) is 7.38. The number of carboxylic acid groups (broad SMARTS) is 1. The summed E-state index contributed by atoms with van der Waals surface area (Å²) < 4.78 is 26.9. The Labute approximate surface area is 132 Å². The zero-order valence-electron chi connectivity index (χ0n) is 9.63. The Morgan fingerprint density at radius 2 is 2.10 bits per heavy atom. The molecule has 0 aliphatic rings. The van der Waals surface area contributed by atoms with E-state index in [4.69, 9.17) is 16.7 Å². The van der Waals surface area contributed by atoms with E-state index in [1.165, 1.54) is 17.4 Å². The average Bonchev–Trinajstić information content (AvgIpc) is 2.83. The average molecular weight is 397 g/mol. The lowest BCUT2D eigenvalue weighted by molar-refractivity contribution is 0.0696. The van der Waals surface area contributed by atoms with Crippen molar-refractivity contribution in [2.24, 2.45) is 0 Å². The molecule has 20 heavy (non-hydrogen) atoms. The third kappa shape index (κ3) is 3.14. The monoisotopic (exact) mass is 395 g/mol. The summed E-state index contributed by atoms with van der Waals surface area (Å²) in [7, 11) is -3.87. The van der Waals surface area contributed by atoms with E-state index in [0.29, 0.717) is 5.69 Å². The van der Waals surface area contributed by atoms with Gasteiger partial charge in [0.15, 0.2) is 0 Å². The van der Waals surface area contributed by atoms with E-state index in [1.807, 2.05) is 0 Å². The smallest absolute Gasteiger partial charge is 0.337 e. The Morgan fingerprint density at radius 1 is 1.40 bits per heavy atom. The summed E-state index contributed by atoms with van der Waals surface area (Å²) in [6, 6.07) is 3.87. The molecule has 9 heteroatoms. The SMILES string of the molecule is O=C(O)c1cc(S(=O)(=O)Nc2ccsc2)cc(Br)c1Cl. The van der Waals surface area contributed by atoms with Crippen molar-refractivity contribution in [1.82, 2.24) is 0 Å². The van der Waals surface area contributed by atoms with Crippen LogP contribution in [0.5, 0.6) is 0 Å². The molecular formula is C11H7BrClNO4S2. The maximum Gasteiger partial charge on any atom is 0.337 e. The summed E-state index contributed by atoms with van der Waals surface area (Å²) in [5, 5.41) is 12.3. The van der Waals surface area contributed by atoms with Gasteiger partial charge in [0, 0.05) is 9.85 Å². The van der Waals surface area contributed by atoms with Gasteiger partial charge in [-0.25, -0.2) is 13.2 Å². The zero-order valence-corrected chi connectivity index (χ0v) is 13.6. The molecular weight excluding hydrogens is 390 g/mol. The van der Waals surface area contributed by atoms with Crippen LogP contribution in [-0.2, 0) is 10.0 Å². The number of benzene rings is 1. The number of rotatable bonds is 4. The molecule has 0 saturated heterocycles. The lowest BCUT2D eigenvalue weighted by atomic mass is 10.2. The molecule has 0 bridgehead atoms. The van der Waals surface area contributed by atoms with Gasteiger partial charge in [-0.15, -0.1) is 0 Å². The minimum atomic E-state index is -3.87. The largest absolute Gasteiger partial charge is 0.478 e. The van der Waals surface area contributed by atoms with Crippen LogP contribution in [0.2, 0.25) is 5.02 Å². The Morgan fingerprint density at radius 3 is 2.65 bits per heavy atom. The van der Waals surface area contributed by atoms with Crippen LogP contribution < -0.4 is 4.72 Å². The summed E-state index contributed by atoms with van der Waals surface area (Å²) in [6.07, 6.45) is 0. The van der Waals surface area contributed by atoms with Gasteiger partial charge >= 0.3 is 5.97 Å². The van der Waals surface area contributed by atoms with E-state index in [9.17, 15) is 13.2 Å². The molecule has 106 valence electrons. The van der Waals surface area contributed by atoms with Crippen molar-refractivity contribution in [1.29, 1.82) is 0 Å². The summed E-state index contributed by atoms with van der Waals surface area (Å²) in [4.78, 5) is 10.9. The van der Waals surface area contributed by atoms with E-state index in [2.05, 4.69) is 20.7 Å². The molecule has 1 aromatic heterocycles. The fourth-order valence-electron chi connectivity index (χ4n) is 1.41. The highest BCUT2D eigenvalue weighted by molar-refractivity contribution is 9.10. The van der Waals surface area contributed by atoms with Crippen LogP contribution >= 0.6 is 38.9 Å². The van der Waals surface area contributed by atoms with Crippen LogP contribution in [0.15, 0.2) is 38.3 Å². The highest BCUT2D eigenvalue weighted by atomic mass is 79.9. The van der Waals surface area contributed by atoms with Gasteiger partial charge < -0.3 is 5.11 Å². The normalized spacial score (nSPS) is 11.3. The Hall–Kier alpha value is -1.09. The van der Waals surface area contributed by atoms with E-state index in [-0.39, 0.29) is 20.0 Å². The number of carbonyl (C=O) groups is 1. The molecule has 0 atom stereocenters. The minimum absolute atomic E-state index is 0.0491. The number of hydrogen-bond acceptors (Lipinski definition) is 4. The molecule has 2 aromatic rings. The molecule has 2 rings (SSSR count). The molecule has 0 aliphatic carbocycles. The summed E-state index contributed by atoms with van der Waals surface area (Å²) >= 11 is 10.2. The Bertz CT molecular complexity index is 759. The van der Waals surface area contributed by atoms with Gasteiger partial charge in [0.2, 0.25) is 0 Å². The van der Waals surface area contributed by atoms with Gasteiger partial charge in [0.1, 0.15) is 0 Å². The predicted molar refractivity (Wildman–Crippen MR) is 81.2 cm³/mol. The molecule has 0 saturated carbocycles. The molecule has 5 nitrogen and oxygen atoms in total. The van der Waals surface area contributed by atoms with Gasteiger partial charge in [-0.05, 0) is 39.5 Å². The van der Waals surface area contributed by atoms with Gasteiger partial charge in [0.05, 0.1) is 21.2 Å². The predicted octanol–water partition coefficient (Wildman–Crippen LogP) is 3.66. The fraction of sp³-hybridized carbons (Fsp3) is 0. The molecule has 2 N–H and O–H groups in total. The van der Waals surface area contributed by atoms with Gasteiger partial charge in [-0.3, -0.25) is 4.72 Å². The molecule has 0 radical (unpaired) electrons. The van der Waals surface area contributed by atoms with Crippen LogP contribution in [0, 0.1) is 0 Å². The van der Waals surface area contributed by atoms with Crippen molar-refractivity contribution in [3.05, 3.63) is 44.0 Å². The van der Waals surface area contributed by atoms with E-state index >= 15 is 0 Å². The van der Waals surface area contributed by atoms with Gasteiger partial charge in [-0.1, -0.05) is 11.6 Å². The topological polar surface area (TPSA) is 83.5 Å². The van der Waals surface area contributed by atoms with Crippen LogP contribution in [0.3, 0.4) is 0 Å². The molecule has 1 aromatic carbocycles. The van der Waals surface area contributed by atoms with Crippen molar-refractivity contribution in [3.63, 3.8) is 0 Å².